The second kappa shape index (κ2) is 3.83. The first-order chi connectivity index (χ1) is 6.70. The van der Waals surface area contributed by atoms with E-state index in [0.717, 1.165) is 18.3 Å². The van der Waals surface area contributed by atoms with E-state index in [2.05, 4.69) is 13.8 Å². The minimum Gasteiger partial charge on any atom is -0.251 e. The minimum atomic E-state index is -0.127. The van der Waals surface area contributed by atoms with Crippen LogP contribution in [0, 0.1) is 23.2 Å². The molecule has 0 amide bonds. The van der Waals surface area contributed by atoms with Crippen LogP contribution in [0.3, 0.4) is 0 Å². The molecule has 2 aliphatic carbocycles. The van der Waals surface area contributed by atoms with Gasteiger partial charge in [0.2, 0.25) is 0 Å². The molecule has 0 N–H and O–H groups in total. The van der Waals surface area contributed by atoms with Gasteiger partial charge in [0.25, 0.3) is 0 Å². The Hall–Kier alpha value is -0.0700. The Morgan fingerprint density at radius 1 is 1.43 bits per heavy atom. The average Bonchev–Trinajstić information content (AvgIpc) is 3.07. The summed E-state index contributed by atoms with van der Waals surface area (Å²) in [7, 11) is 0. The summed E-state index contributed by atoms with van der Waals surface area (Å²) in [5, 5.41) is 0. The van der Waals surface area contributed by atoms with Crippen LogP contribution in [0.25, 0.3) is 0 Å². The maximum atomic E-state index is 12.5. The van der Waals surface area contributed by atoms with Gasteiger partial charge in [0.05, 0.1) is 6.67 Å². The summed E-state index contributed by atoms with van der Waals surface area (Å²) in [6.45, 7) is 4.22. The van der Waals surface area contributed by atoms with Crippen LogP contribution in [0.2, 0.25) is 0 Å². The van der Waals surface area contributed by atoms with E-state index in [0.29, 0.717) is 11.3 Å². The molecule has 3 unspecified atom stereocenters. The highest BCUT2D eigenvalue weighted by Gasteiger charge is 2.53. The first-order valence-corrected chi connectivity index (χ1v) is 6.26. The van der Waals surface area contributed by atoms with E-state index in [9.17, 15) is 4.39 Å². The van der Waals surface area contributed by atoms with Gasteiger partial charge in [-0.25, -0.2) is 0 Å². The number of rotatable bonds is 6. The van der Waals surface area contributed by atoms with Crippen LogP contribution in [0.5, 0.6) is 0 Å². The van der Waals surface area contributed by atoms with E-state index in [4.69, 9.17) is 0 Å². The molecule has 0 aromatic heterocycles. The second-order valence-electron chi connectivity index (χ2n) is 5.76. The molecule has 0 saturated heterocycles. The standard InChI is InChI=1S/C13H23F/c1-3-13(7-10(2)9-14)8-12(13)6-11-4-5-11/h10-12H,3-9H2,1-2H3. The van der Waals surface area contributed by atoms with Crippen molar-refractivity contribution in [3.05, 3.63) is 0 Å². The van der Waals surface area contributed by atoms with Crippen molar-refractivity contribution in [1.29, 1.82) is 0 Å². The molecule has 0 nitrogen and oxygen atoms in total. The minimum absolute atomic E-state index is 0.127. The van der Waals surface area contributed by atoms with Crippen molar-refractivity contribution in [3.8, 4) is 0 Å². The maximum absolute atomic E-state index is 12.5. The Balaban J connectivity index is 1.80. The van der Waals surface area contributed by atoms with Crippen molar-refractivity contribution in [2.45, 2.75) is 52.4 Å². The third kappa shape index (κ3) is 2.12. The van der Waals surface area contributed by atoms with Crippen molar-refractivity contribution in [2.75, 3.05) is 6.67 Å². The van der Waals surface area contributed by atoms with Gasteiger partial charge in [-0.3, -0.25) is 4.39 Å². The summed E-state index contributed by atoms with van der Waals surface area (Å²) < 4.78 is 12.5. The predicted octanol–water partition coefficient (Wildman–Crippen LogP) is 4.20. The van der Waals surface area contributed by atoms with E-state index >= 15 is 0 Å². The number of hydrogen-bond acceptors (Lipinski definition) is 0. The van der Waals surface area contributed by atoms with Gasteiger partial charge in [-0.2, -0.15) is 0 Å². The molecule has 0 aromatic carbocycles. The lowest BCUT2D eigenvalue weighted by Crippen LogP contribution is -2.10. The second-order valence-corrected chi connectivity index (χ2v) is 5.76. The summed E-state index contributed by atoms with van der Waals surface area (Å²) in [5.41, 5.74) is 0.564. The normalized spacial score (nSPS) is 38.4. The summed E-state index contributed by atoms with van der Waals surface area (Å²) in [4.78, 5) is 0. The van der Waals surface area contributed by atoms with Crippen molar-refractivity contribution >= 4 is 0 Å². The fraction of sp³-hybridized carbons (Fsp3) is 1.00. The van der Waals surface area contributed by atoms with Gasteiger partial charge in [0.15, 0.2) is 0 Å². The molecule has 1 heteroatoms. The molecule has 0 bridgehead atoms. The van der Waals surface area contributed by atoms with Crippen LogP contribution in [0.1, 0.15) is 52.4 Å². The quantitative estimate of drug-likeness (QED) is 0.600. The molecule has 0 aromatic rings. The molecule has 2 aliphatic rings. The lowest BCUT2D eigenvalue weighted by Gasteiger charge is -2.18. The van der Waals surface area contributed by atoms with E-state index in [-0.39, 0.29) is 6.67 Å². The zero-order valence-corrected chi connectivity index (χ0v) is 9.56. The van der Waals surface area contributed by atoms with Gasteiger partial charge in [-0.05, 0) is 42.4 Å². The largest absolute Gasteiger partial charge is 0.251 e. The van der Waals surface area contributed by atoms with Crippen molar-refractivity contribution in [2.24, 2.45) is 23.2 Å². The topological polar surface area (TPSA) is 0 Å². The number of hydrogen-bond donors (Lipinski definition) is 0. The molecule has 3 atom stereocenters. The van der Waals surface area contributed by atoms with Gasteiger partial charge in [-0.1, -0.05) is 33.1 Å². The highest BCUT2D eigenvalue weighted by molar-refractivity contribution is 5.03. The first kappa shape index (κ1) is 10.4. The molecule has 0 spiro atoms. The molecular weight excluding hydrogens is 175 g/mol. The molecule has 0 aliphatic heterocycles. The Bertz CT molecular complexity index is 197. The molecule has 0 radical (unpaired) electrons. The lowest BCUT2D eigenvalue weighted by molar-refractivity contribution is 0.275. The zero-order valence-electron chi connectivity index (χ0n) is 9.56. The molecule has 2 rings (SSSR count). The van der Waals surface area contributed by atoms with Crippen molar-refractivity contribution in [3.63, 3.8) is 0 Å². The maximum Gasteiger partial charge on any atom is 0.0920 e. The highest BCUT2D eigenvalue weighted by atomic mass is 19.1. The van der Waals surface area contributed by atoms with Gasteiger partial charge in [0, 0.05) is 0 Å². The molecule has 2 saturated carbocycles. The van der Waals surface area contributed by atoms with Gasteiger partial charge < -0.3 is 0 Å². The van der Waals surface area contributed by atoms with Gasteiger partial charge in [0.1, 0.15) is 0 Å². The van der Waals surface area contributed by atoms with Crippen molar-refractivity contribution in [1.82, 2.24) is 0 Å². The fourth-order valence-corrected chi connectivity index (χ4v) is 3.10. The van der Waals surface area contributed by atoms with E-state index in [1.54, 1.807) is 0 Å². The zero-order chi connectivity index (χ0) is 10.2. The summed E-state index contributed by atoms with van der Waals surface area (Å²) in [5.74, 6) is 2.29. The predicted molar refractivity (Wildman–Crippen MR) is 57.9 cm³/mol. The van der Waals surface area contributed by atoms with Crippen LogP contribution in [-0.4, -0.2) is 6.67 Å². The molecule has 82 valence electrons. The Morgan fingerprint density at radius 2 is 2.14 bits per heavy atom. The fourth-order valence-electron chi connectivity index (χ4n) is 3.10. The van der Waals surface area contributed by atoms with Crippen LogP contribution >= 0.6 is 0 Å². The van der Waals surface area contributed by atoms with Crippen LogP contribution in [0.4, 0.5) is 4.39 Å². The third-order valence-corrected chi connectivity index (χ3v) is 4.40. The van der Waals surface area contributed by atoms with Crippen LogP contribution in [-0.2, 0) is 0 Å². The molecule has 2 fully saturated rings. The Kier molecular flexibility index (Phi) is 2.86. The highest BCUT2D eigenvalue weighted by Crippen LogP contribution is 2.63. The first-order valence-electron chi connectivity index (χ1n) is 6.26. The van der Waals surface area contributed by atoms with Gasteiger partial charge in [-0.15, -0.1) is 0 Å². The summed E-state index contributed by atoms with van der Waals surface area (Å²) in [6.07, 6.45) is 8.19. The van der Waals surface area contributed by atoms with Crippen molar-refractivity contribution < 1.29 is 4.39 Å². The Labute approximate surface area is 87.3 Å². The average molecular weight is 198 g/mol. The van der Waals surface area contributed by atoms with E-state index in [1.807, 2.05) is 0 Å². The monoisotopic (exact) mass is 198 g/mol. The number of halogens is 1. The number of alkyl halides is 1. The lowest BCUT2D eigenvalue weighted by atomic mass is 9.88. The summed E-state index contributed by atoms with van der Waals surface area (Å²) in [6, 6.07) is 0. The van der Waals surface area contributed by atoms with Crippen LogP contribution < -0.4 is 0 Å². The third-order valence-electron chi connectivity index (χ3n) is 4.40. The van der Waals surface area contributed by atoms with Gasteiger partial charge >= 0.3 is 0 Å². The molecular formula is C13H23F. The smallest absolute Gasteiger partial charge is 0.0920 e. The summed E-state index contributed by atoms with van der Waals surface area (Å²) >= 11 is 0. The van der Waals surface area contributed by atoms with E-state index in [1.165, 1.54) is 32.1 Å². The molecule has 14 heavy (non-hydrogen) atoms. The van der Waals surface area contributed by atoms with E-state index < -0.39 is 0 Å². The molecule has 0 heterocycles. The van der Waals surface area contributed by atoms with Crippen LogP contribution in [0.15, 0.2) is 0 Å². The Morgan fingerprint density at radius 3 is 2.64 bits per heavy atom. The SMILES string of the molecule is CCC1(CC(C)CF)CC1CC1CC1.